The molecule has 0 aromatic heterocycles. The topological polar surface area (TPSA) is 66.8 Å². The van der Waals surface area contributed by atoms with Crippen LogP contribution in [0.5, 0.6) is 5.75 Å². The second-order valence-corrected chi connectivity index (χ2v) is 5.86. The van der Waals surface area contributed by atoms with E-state index in [-0.39, 0.29) is 31.7 Å². The Morgan fingerprint density at radius 3 is 2.60 bits per heavy atom. The van der Waals surface area contributed by atoms with E-state index in [4.69, 9.17) is 9.84 Å². The van der Waals surface area contributed by atoms with Crippen molar-refractivity contribution in [2.75, 3.05) is 19.7 Å². The molecular weight excluding hydrogens is 346 g/mol. The third-order valence-electron chi connectivity index (χ3n) is 4.17. The van der Waals surface area contributed by atoms with Gasteiger partial charge in [-0.2, -0.15) is 13.2 Å². The van der Waals surface area contributed by atoms with Crippen LogP contribution in [-0.2, 0) is 9.59 Å². The van der Waals surface area contributed by atoms with Gasteiger partial charge >= 0.3 is 12.1 Å². The molecule has 1 atom stereocenters. The Labute approximate surface area is 141 Å². The summed E-state index contributed by atoms with van der Waals surface area (Å²) < 4.78 is 57.4. The summed E-state index contributed by atoms with van der Waals surface area (Å²) in [4.78, 5) is 24.0. The van der Waals surface area contributed by atoms with Gasteiger partial charge in [0.2, 0.25) is 5.91 Å². The lowest BCUT2D eigenvalue weighted by molar-refractivity contribution is -0.227. The van der Waals surface area contributed by atoms with E-state index in [2.05, 4.69) is 0 Å². The van der Waals surface area contributed by atoms with Crippen LogP contribution >= 0.6 is 0 Å². The minimum absolute atomic E-state index is 0.0805. The number of hydrogen-bond donors (Lipinski definition) is 1. The van der Waals surface area contributed by atoms with Crippen molar-refractivity contribution in [2.24, 2.45) is 5.41 Å². The van der Waals surface area contributed by atoms with Gasteiger partial charge in [0.1, 0.15) is 11.6 Å². The third-order valence-corrected chi connectivity index (χ3v) is 4.17. The highest BCUT2D eigenvalue weighted by atomic mass is 19.4. The number of benzene rings is 1. The first-order valence-electron chi connectivity index (χ1n) is 7.62. The van der Waals surface area contributed by atoms with Crippen LogP contribution in [0.4, 0.5) is 17.6 Å². The maximum absolute atomic E-state index is 13.1. The largest absolute Gasteiger partial charge is 0.493 e. The van der Waals surface area contributed by atoms with Gasteiger partial charge in [0, 0.05) is 25.6 Å². The normalized spacial score (nSPS) is 20.6. The first-order chi connectivity index (χ1) is 11.7. The number of carbonyl (C=O) groups excluding carboxylic acids is 1. The molecular formula is C16H17F4NO4. The molecule has 9 heteroatoms. The van der Waals surface area contributed by atoms with Crippen molar-refractivity contribution in [3.63, 3.8) is 0 Å². The van der Waals surface area contributed by atoms with E-state index in [1.165, 1.54) is 24.3 Å². The van der Waals surface area contributed by atoms with Crippen molar-refractivity contribution in [2.45, 2.75) is 25.4 Å². The number of hydrogen-bond acceptors (Lipinski definition) is 3. The lowest BCUT2D eigenvalue weighted by atomic mass is 9.86. The van der Waals surface area contributed by atoms with Crippen molar-refractivity contribution < 1.29 is 37.0 Å². The molecule has 25 heavy (non-hydrogen) atoms. The van der Waals surface area contributed by atoms with Gasteiger partial charge in [-0.3, -0.25) is 9.59 Å². The lowest BCUT2D eigenvalue weighted by Gasteiger charge is -2.27. The molecule has 0 bridgehead atoms. The Kier molecular flexibility index (Phi) is 5.54. The smallest absolute Gasteiger partial charge is 0.406 e. The minimum Gasteiger partial charge on any atom is -0.493 e. The molecule has 0 saturated carbocycles. The van der Waals surface area contributed by atoms with Gasteiger partial charge in [-0.25, -0.2) is 4.39 Å². The van der Waals surface area contributed by atoms with Crippen LogP contribution in [0.15, 0.2) is 24.3 Å². The van der Waals surface area contributed by atoms with Crippen LogP contribution in [0.3, 0.4) is 0 Å². The average molecular weight is 363 g/mol. The molecule has 2 rings (SSSR count). The number of halogens is 4. The molecule has 0 aliphatic carbocycles. The molecule has 1 saturated heterocycles. The number of carboxylic acid groups (broad SMARTS) is 1. The fourth-order valence-corrected chi connectivity index (χ4v) is 2.68. The second-order valence-electron chi connectivity index (χ2n) is 5.86. The summed E-state index contributed by atoms with van der Waals surface area (Å²) in [6, 6.07) is 5.42. The number of carboxylic acids is 1. The van der Waals surface area contributed by atoms with E-state index < -0.39 is 42.3 Å². The van der Waals surface area contributed by atoms with Crippen LogP contribution in [0.2, 0.25) is 0 Å². The van der Waals surface area contributed by atoms with Gasteiger partial charge in [0.25, 0.3) is 0 Å². The molecule has 1 amide bonds. The van der Waals surface area contributed by atoms with E-state index in [9.17, 15) is 27.2 Å². The van der Waals surface area contributed by atoms with E-state index in [1.807, 2.05) is 0 Å². The summed E-state index contributed by atoms with van der Waals surface area (Å²) in [5, 5.41) is 8.95. The number of rotatable bonds is 6. The SMILES string of the molecule is O=C(CCCOc1cccc(F)c1)N1CCC(C(=O)O)(C(F)(F)F)C1. The predicted molar refractivity (Wildman–Crippen MR) is 78.4 cm³/mol. The summed E-state index contributed by atoms with van der Waals surface area (Å²) in [6.45, 7) is -1.04. The summed E-state index contributed by atoms with van der Waals surface area (Å²) in [5.74, 6) is -2.71. The van der Waals surface area contributed by atoms with Crippen molar-refractivity contribution in [3.05, 3.63) is 30.1 Å². The summed E-state index contributed by atoms with van der Waals surface area (Å²) in [5.41, 5.74) is -2.90. The zero-order valence-electron chi connectivity index (χ0n) is 13.2. The van der Waals surface area contributed by atoms with E-state index in [0.717, 1.165) is 4.90 Å². The highest BCUT2D eigenvalue weighted by Gasteiger charge is 2.64. The molecule has 0 spiro atoms. The molecule has 1 fully saturated rings. The number of nitrogens with zero attached hydrogens (tertiary/aromatic N) is 1. The molecule has 1 aliphatic heterocycles. The fraction of sp³-hybridized carbons (Fsp3) is 0.500. The highest BCUT2D eigenvalue weighted by Crippen LogP contribution is 2.45. The molecule has 1 unspecified atom stereocenters. The van der Waals surface area contributed by atoms with Crippen molar-refractivity contribution in [3.8, 4) is 5.75 Å². The molecule has 1 aliphatic rings. The molecule has 138 valence electrons. The monoisotopic (exact) mass is 363 g/mol. The van der Waals surface area contributed by atoms with Gasteiger partial charge < -0.3 is 14.7 Å². The molecule has 1 heterocycles. The van der Waals surface area contributed by atoms with E-state index >= 15 is 0 Å². The number of likely N-dealkylation sites (tertiary alicyclic amines) is 1. The second kappa shape index (κ2) is 7.28. The Hall–Kier alpha value is -2.32. The van der Waals surface area contributed by atoms with E-state index in [1.54, 1.807) is 0 Å². The van der Waals surface area contributed by atoms with Gasteiger partial charge in [-0.15, -0.1) is 0 Å². The Morgan fingerprint density at radius 1 is 1.32 bits per heavy atom. The quantitative estimate of drug-likeness (QED) is 0.623. The van der Waals surface area contributed by atoms with Crippen molar-refractivity contribution in [1.82, 2.24) is 4.90 Å². The molecule has 1 aromatic carbocycles. The van der Waals surface area contributed by atoms with E-state index in [0.29, 0.717) is 0 Å². The standard InChI is InChI=1S/C16H17F4NO4/c17-11-3-1-4-12(9-11)25-8-2-5-13(22)21-7-6-15(10-21,14(23)24)16(18,19)20/h1,3-4,9H,2,5-8,10H2,(H,23,24). The molecule has 1 aromatic rings. The van der Waals surface area contributed by atoms with Crippen LogP contribution in [-0.4, -0.2) is 47.8 Å². The van der Waals surface area contributed by atoms with Gasteiger partial charge in [0.05, 0.1) is 6.61 Å². The first-order valence-corrected chi connectivity index (χ1v) is 7.62. The Balaban J connectivity index is 1.83. The fourth-order valence-electron chi connectivity index (χ4n) is 2.68. The van der Waals surface area contributed by atoms with Crippen LogP contribution < -0.4 is 4.74 Å². The Morgan fingerprint density at radius 2 is 2.04 bits per heavy atom. The zero-order valence-corrected chi connectivity index (χ0v) is 13.2. The molecule has 5 nitrogen and oxygen atoms in total. The number of aliphatic carboxylic acids is 1. The Bertz CT molecular complexity index is 649. The van der Waals surface area contributed by atoms with Crippen molar-refractivity contribution >= 4 is 11.9 Å². The van der Waals surface area contributed by atoms with Crippen molar-refractivity contribution in [1.29, 1.82) is 0 Å². The molecule has 0 radical (unpaired) electrons. The number of carbonyl (C=O) groups is 2. The van der Waals surface area contributed by atoms with Gasteiger partial charge in [-0.05, 0) is 25.0 Å². The first kappa shape index (κ1) is 19.0. The summed E-state index contributed by atoms with van der Waals surface area (Å²) in [7, 11) is 0. The maximum atomic E-state index is 13.1. The minimum atomic E-state index is -4.92. The van der Waals surface area contributed by atoms with Gasteiger partial charge in [0.15, 0.2) is 5.41 Å². The third kappa shape index (κ3) is 4.21. The van der Waals surface area contributed by atoms with Gasteiger partial charge in [-0.1, -0.05) is 6.07 Å². The zero-order chi connectivity index (χ0) is 18.7. The summed E-state index contributed by atoms with van der Waals surface area (Å²) in [6.07, 6.45) is -5.44. The number of alkyl halides is 3. The van der Waals surface area contributed by atoms with Crippen LogP contribution in [0.25, 0.3) is 0 Å². The highest BCUT2D eigenvalue weighted by molar-refractivity contribution is 5.81. The number of ether oxygens (including phenoxy) is 1. The lowest BCUT2D eigenvalue weighted by Crippen LogP contribution is -2.47. The maximum Gasteiger partial charge on any atom is 0.406 e. The van der Waals surface area contributed by atoms with Crippen LogP contribution in [0.1, 0.15) is 19.3 Å². The van der Waals surface area contributed by atoms with Crippen LogP contribution in [0, 0.1) is 11.2 Å². The predicted octanol–water partition coefficient (Wildman–Crippen LogP) is 2.85. The number of amides is 1. The molecule has 1 N–H and O–H groups in total. The average Bonchev–Trinajstić information content (AvgIpc) is 2.98. The summed E-state index contributed by atoms with van der Waals surface area (Å²) >= 11 is 0.